The van der Waals surface area contributed by atoms with Crippen molar-refractivity contribution in [3.63, 3.8) is 0 Å². The lowest BCUT2D eigenvalue weighted by Gasteiger charge is -2.08. The molecule has 0 fully saturated rings. The van der Waals surface area contributed by atoms with Gasteiger partial charge in [-0.15, -0.1) is 0 Å². The van der Waals surface area contributed by atoms with Gasteiger partial charge in [-0.1, -0.05) is 18.2 Å². The lowest BCUT2D eigenvalue weighted by atomic mass is 10.2. The van der Waals surface area contributed by atoms with E-state index >= 15 is 0 Å². The molecule has 0 bridgehead atoms. The van der Waals surface area contributed by atoms with E-state index in [1.54, 1.807) is 13.2 Å². The fourth-order valence-electron chi connectivity index (χ4n) is 1.13. The van der Waals surface area contributed by atoms with Crippen LogP contribution >= 0.6 is 0 Å². The first-order valence-electron chi connectivity index (χ1n) is 5.32. The van der Waals surface area contributed by atoms with E-state index in [4.69, 9.17) is 14.2 Å². The molecule has 0 aliphatic carbocycles. The first kappa shape index (κ1) is 13.5. The van der Waals surface area contributed by atoms with Gasteiger partial charge in [-0.3, -0.25) is 5.32 Å². The number of nitrogens with one attached hydrogen (secondary N) is 1. The van der Waals surface area contributed by atoms with Gasteiger partial charge >= 0.3 is 6.09 Å². The average Bonchev–Trinajstić information content (AvgIpc) is 2.32. The maximum atomic E-state index is 11.4. The molecule has 0 radical (unpaired) electrons. The molecule has 0 heterocycles. The van der Waals surface area contributed by atoms with Crippen molar-refractivity contribution in [2.45, 2.75) is 6.92 Å². The van der Waals surface area contributed by atoms with Crippen molar-refractivity contribution in [1.29, 1.82) is 0 Å². The van der Waals surface area contributed by atoms with Gasteiger partial charge in [0.2, 0.25) is 0 Å². The Kier molecular flexibility index (Phi) is 6.06. The third-order valence-electron chi connectivity index (χ3n) is 2.05. The summed E-state index contributed by atoms with van der Waals surface area (Å²) < 4.78 is 15.0. The average molecular weight is 239 g/mol. The number of para-hydroxylation sites is 1. The van der Waals surface area contributed by atoms with Crippen molar-refractivity contribution < 1.29 is 19.0 Å². The zero-order valence-corrected chi connectivity index (χ0v) is 10.1. The highest BCUT2D eigenvalue weighted by molar-refractivity contribution is 5.70. The Bertz CT molecular complexity index is 354. The van der Waals surface area contributed by atoms with Crippen molar-refractivity contribution in [2.75, 3.05) is 27.1 Å². The molecule has 0 unspecified atom stereocenters. The first-order valence-corrected chi connectivity index (χ1v) is 5.32. The number of hydrogen-bond acceptors (Lipinski definition) is 4. The van der Waals surface area contributed by atoms with Crippen LogP contribution in [0.25, 0.3) is 0 Å². The van der Waals surface area contributed by atoms with E-state index in [0.717, 1.165) is 5.56 Å². The van der Waals surface area contributed by atoms with Gasteiger partial charge < -0.3 is 14.2 Å². The molecule has 0 saturated heterocycles. The minimum Gasteiger partial charge on any atom is -0.410 e. The number of methoxy groups -OCH3 is 1. The van der Waals surface area contributed by atoms with E-state index in [-0.39, 0.29) is 6.73 Å². The van der Waals surface area contributed by atoms with E-state index in [1.807, 2.05) is 25.1 Å². The largest absolute Gasteiger partial charge is 0.414 e. The number of amides is 1. The van der Waals surface area contributed by atoms with Crippen LogP contribution in [0.2, 0.25) is 0 Å². The fraction of sp³-hybridized carbons (Fsp3) is 0.417. The highest BCUT2D eigenvalue weighted by Crippen LogP contribution is 2.15. The van der Waals surface area contributed by atoms with Crippen LogP contribution in [0, 0.1) is 6.92 Å². The molecule has 0 aromatic heterocycles. The van der Waals surface area contributed by atoms with Crippen molar-refractivity contribution in [2.24, 2.45) is 0 Å². The monoisotopic (exact) mass is 239 g/mol. The summed E-state index contributed by atoms with van der Waals surface area (Å²) in [6.45, 7) is 2.90. The second-order valence-corrected chi connectivity index (χ2v) is 3.38. The molecule has 94 valence electrons. The number of ether oxygens (including phenoxy) is 3. The molecule has 0 saturated carbocycles. The van der Waals surface area contributed by atoms with Crippen molar-refractivity contribution in [3.05, 3.63) is 29.8 Å². The van der Waals surface area contributed by atoms with E-state index in [1.165, 1.54) is 0 Å². The van der Waals surface area contributed by atoms with Gasteiger partial charge in [-0.05, 0) is 18.6 Å². The van der Waals surface area contributed by atoms with Crippen LogP contribution < -0.4 is 10.1 Å². The Balaban J connectivity index is 2.23. The number of hydrogen-bond donors (Lipinski definition) is 1. The number of aryl methyl sites for hydroxylation is 1. The molecule has 0 aliphatic rings. The second-order valence-electron chi connectivity index (χ2n) is 3.38. The van der Waals surface area contributed by atoms with Gasteiger partial charge in [0.25, 0.3) is 0 Å². The number of carbonyl (C=O) groups is 1. The Labute approximate surface area is 101 Å². The molecule has 5 nitrogen and oxygen atoms in total. The maximum absolute atomic E-state index is 11.4. The molecule has 0 atom stereocenters. The summed E-state index contributed by atoms with van der Waals surface area (Å²) in [6.07, 6.45) is -0.531. The summed E-state index contributed by atoms with van der Waals surface area (Å²) in [4.78, 5) is 11.4. The standard InChI is InChI=1S/C12H17NO4/c1-10-5-3-4-6-11(10)17-12(14)13-9-16-8-7-15-2/h3-6H,7-9H2,1-2H3,(H,13,14). The molecular formula is C12H17NO4. The third kappa shape index (κ3) is 5.33. The smallest absolute Gasteiger partial charge is 0.410 e. The molecular weight excluding hydrogens is 222 g/mol. The number of benzene rings is 1. The molecule has 1 N–H and O–H groups in total. The molecule has 0 spiro atoms. The zero-order chi connectivity index (χ0) is 12.5. The van der Waals surface area contributed by atoms with Crippen molar-refractivity contribution >= 4 is 6.09 Å². The van der Waals surface area contributed by atoms with Crippen LogP contribution in [0.4, 0.5) is 4.79 Å². The van der Waals surface area contributed by atoms with Gasteiger partial charge in [0.1, 0.15) is 12.5 Å². The van der Waals surface area contributed by atoms with E-state index < -0.39 is 6.09 Å². The minimum absolute atomic E-state index is 0.105. The molecule has 1 aromatic carbocycles. The van der Waals surface area contributed by atoms with Crippen molar-refractivity contribution in [3.8, 4) is 5.75 Å². The Morgan fingerprint density at radius 1 is 1.29 bits per heavy atom. The summed E-state index contributed by atoms with van der Waals surface area (Å²) in [6, 6.07) is 7.30. The summed E-state index contributed by atoms with van der Waals surface area (Å²) >= 11 is 0. The Morgan fingerprint density at radius 3 is 2.76 bits per heavy atom. The lowest BCUT2D eigenvalue weighted by Crippen LogP contribution is -2.29. The van der Waals surface area contributed by atoms with Gasteiger partial charge in [0.05, 0.1) is 13.2 Å². The normalized spacial score (nSPS) is 10.0. The second kappa shape index (κ2) is 7.65. The number of rotatable bonds is 6. The number of carbonyl (C=O) groups excluding carboxylic acids is 1. The fourth-order valence-corrected chi connectivity index (χ4v) is 1.13. The third-order valence-corrected chi connectivity index (χ3v) is 2.05. The van der Waals surface area contributed by atoms with Gasteiger partial charge in [-0.25, -0.2) is 4.79 Å². The molecule has 17 heavy (non-hydrogen) atoms. The molecule has 1 rings (SSSR count). The topological polar surface area (TPSA) is 56.8 Å². The first-order chi connectivity index (χ1) is 8.24. The van der Waals surface area contributed by atoms with E-state index in [0.29, 0.717) is 19.0 Å². The van der Waals surface area contributed by atoms with Crippen molar-refractivity contribution in [1.82, 2.24) is 5.32 Å². The minimum atomic E-state index is -0.531. The van der Waals surface area contributed by atoms with Crippen LogP contribution in [-0.2, 0) is 9.47 Å². The predicted octanol–water partition coefficient (Wildman–Crippen LogP) is 1.70. The highest BCUT2D eigenvalue weighted by atomic mass is 16.6. The van der Waals surface area contributed by atoms with Crippen LogP contribution in [0.1, 0.15) is 5.56 Å². The van der Waals surface area contributed by atoms with E-state index in [9.17, 15) is 4.79 Å². The Hall–Kier alpha value is -1.59. The van der Waals surface area contributed by atoms with Gasteiger partial charge in [0.15, 0.2) is 0 Å². The summed E-state index contributed by atoms with van der Waals surface area (Å²) in [5, 5.41) is 2.48. The predicted molar refractivity (Wildman–Crippen MR) is 63.0 cm³/mol. The summed E-state index contributed by atoms with van der Waals surface area (Å²) in [5.74, 6) is 0.543. The maximum Gasteiger partial charge on any atom is 0.414 e. The molecule has 0 aliphatic heterocycles. The SMILES string of the molecule is COCCOCNC(=O)Oc1ccccc1C. The van der Waals surface area contributed by atoms with Crippen LogP contribution in [0.15, 0.2) is 24.3 Å². The van der Waals surface area contributed by atoms with Crippen LogP contribution in [0.3, 0.4) is 0 Å². The van der Waals surface area contributed by atoms with Gasteiger partial charge in [0, 0.05) is 7.11 Å². The molecule has 1 amide bonds. The molecule has 5 heteroatoms. The zero-order valence-electron chi connectivity index (χ0n) is 10.1. The molecule has 1 aromatic rings. The summed E-state index contributed by atoms with van der Waals surface area (Å²) in [5.41, 5.74) is 0.906. The quantitative estimate of drug-likeness (QED) is 0.606. The van der Waals surface area contributed by atoms with Crippen LogP contribution in [0.5, 0.6) is 5.75 Å². The Morgan fingerprint density at radius 2 is 2.06 bits per heavy atom. The van der Waals surface area contributed by atoms with E-state index in [2.05, 4.69) is 5.32 Å². The summed E-state index contributed by atoms with van der Waals surface area (Å²) in [7, 11) is 1.59. The lowest BCUT2D eigenvalue weighted by molar-refractivity contribution is 0.0612. The van der Waals surface area contributed by atoms with Gasteiger partial charge in [-0.2, -0.15) is 0 Å². The highest BCUT2D eigenvalue weighted by Gasteiger charge is 2.05. The van der Waals surface area contributed by atoms with Crippen LogP contribution in [-0.4, -0.2) is 33.1 Å².